The zero-order chi connectivity index (χ0) is 58.5. The Balaban J connectivity index is 4.38. The third-order valence-electron chi connectivity index (χ3n) is 13.5. The Kier molecular flexibility index (Phi) is 63.4. The molecule has 0 heterocycles. The first-order valence-electron chi connectivity index (χ1n) is 33.0. The van der Waals surface area contributed by atoms with Gasteiger partial charge in [0.25, 0.3) is 0 Å². The monoisotopic (exact) mass is 1120 g/mol. The quantitative estimate of drug-likeness (QED) is 0.0261. The van der Waals surface area contributed by atoms with Crippen LogP contribution in [0.4, 0.5) is 0 Å². The van der Waals surface area contributed by atoms with Gasteiger partial charge in [0.2, 0.25) is 0 Å². The van der Waals surface area contributed by atoms with Gasteiger partial charge < -0.3 is 14.2 Å². The van der Waals surface area contributed by atoms with Gasteiger partial charge in [-0.25, -0.2) is 0 Å². The standard InChI is InChI=1S/C75H120O6/c1-4-7-10-13-16-19-22-25-27-29-31-33-35-36-37-38-40-41-43-45-47-50-53-56-59-62-65-68-74(77)80-71-72(70-79-73(76)67-64-61-58-55-52-49-24-21-18-15-12-9-6-3)81-75(78)69-66-63-60-57-54-51-48-46-44-42-39-34-32-30-28-26-23-20-17-14-11-8-5-2/h7-12,16-21,25-28,31-34,36-37,42,44,49,52,72H,4-6,13-15,22-24,29-30,35,38-41,43,45-48,50-51,53-71H2,1-3H3/b10-7-,11-8-,12-9-,19-16-,20-17-,21-18-,27-25-,28-26-,33-31-,34-32-,37-36-,44-42-,52-49-. The van der Waals surface area contributed by atoms with E-state index in [1.54, 1.807) is 0 Å². The molecular weight excluding hydrogens is 997 g/mol. The number of rotatable bonds is 58. The van der Waals surface area contributed by atoms with Gasteiger partial charge in [-0.15, -0.1) is 0 Å². The third kappa shape index (κ3) is 65.7. The van der Waals surface area contributed by atoms with Gasteiger partial charge in [0.1, 0.15) is 13.2 Å². The molecule has 0 aliphatic rings. The number of carbonyl (C=O) groups is 3. The van der Waals surface area contributed by atoms with Crippen molar-refractivity contribution < 1.29 is 28.6 Å². The van der Waals surface area contributed by atoms with Crippen LogP contribution in [0.3, 0.4) is 0 Å². The van der Waals surface area contributed by atoms with Gasteiger partial charge >= 0.3 is 17.9 Å². The minimum Gasteiger partial charge on any atom is -0.462 e. The molecular formula is C75H120O6. The number of hydrogen-bond acceptors (Lipinski definition) is 6. The van der Waals surface area contributed by atoms with Gasteiger partial charge in [0, 0.05) is 19.3 Å². The summed E-state index contributed by atoms with van der Waals surface area (Å²) in [7, 11) is 0. The molecule has 0 radical (unpaired) electrons. The largest absolute Gasteiger partial charge is 0.462 e. The van der Waals surface area contributed by atoms with Crippen molar-refractivity contribution in [2.24, 2.45) is 0 Å². The summed E-state index contributed by atoms with van der Waals surface area (Å²) in [5.41, 5.74) is 0. The Morgan fingerprint density at radius 2 is 0.444 bits per heavy atom. The van der Waals surface area contributed by atoms with Crippen LogP contribution in [0.2, 0.25) is 0 Å². The summed E-state index contributed by atoms with van der Waals surface area (Å²) in [6, 6.07) is 0. The minimum absolute atomic E-state index is 0.0994. The summed E-state index contributed by atoms with van der Waals surface area (Å²) in [4.78, 5) is 38.4. The number of esters is 3. The van der Waals surface area contributed by atoms with Crippen LogP contribution in [0.15, 0.2) is 158 Å². The summed E-state index contributed by atoms with van der Waals surface area (Å²) in [5, 5.41) is 0. The average molecular weight is 1120 g/mol. The molecule has 0 aromatic carbocycles. The molecule has 6 heteroatoms. The van der Waals surface area contributed by atoms with Crippen LogP contribution in [0, 0.1) is 0 Å². The first kappa shape index (κ1) is 76.0. The number of ether oxygens (including phenoxy) is 3. The predicted molar refractivity (Wildman–Crippen MR) is 352 cm³/mol. The van der Waals surface area contributed by atoms with Crippen LogP contribution < -0.4 is 0 Å². The maximum Gasteiger partial charge on any atom is 0.306 e. The van der Waals surface area contributed by atoms with Crippen molar-refractivity contribution in [1.82, 2.24) is 0 Å². The summed E-state index contributed by atoms with van der Waals surface area (Å²) >= 11 is 0. The second kappa shape index (κ2) is 67.5. The lowest BCUT2D eigenvalue weighted by Crippen LogP contribution is -2.30. The Morgan fingerprint density at radius 1 is 0.247 bits per heavy atom. The maximum atomic E-state index is 12.9. The summed E-state index contributed by atoms with van der Waals surface area (Å²) in [6.45, 7) is 6.27. The molecule has 0 spiro atoms. The van der Waals surface area contributed by atoms with Crippen LogP contribution in [-0.4, -0.2) is 37.2 Å². The molecule has 0 aromatic heterocycles. The highest BCUT2D eigenvalue weighted by Gasteiger charge is 2.19. The molecule has 0 rings (SSSR count). The lowest BCUT2D eigenvalue weighted by Gasteiger charge is -2.18. The third-order valence-corrected chi connectivity index (χ3v) is 13.5. The Morgan fingerprint density at radius 3 is 0.704 bits per heavy atom. The highest BCUT2D eigenvalue weighted by molar-refractivity contribution is 5.71. The maximum absolute atomic E-state index is 12.9. The van der Waals surface area contributed by atoms with E-state index in [0.717, 1.165) is 161 Å². The topological polar surface area (TPSA) is 78.9 Å². The van der Waals surface area contributed by atoms with Crippen molar-refractivity contribution in [3.63, 3.8) is 0 Å². The van der Waals surface area contributed by atoms with E-state index in [2.05, 4.69) is 179 Å². The van der Waals surface area contributed by atoms with Gasteiger partial charge in [0.15, 0.2) is 6.10 Å². The molecule has 0 bridgehead atoms. The van der Waals surface area contributed by atoms with Gasteiger partial charge in [0.05, 0.1) is 0 Å². The molecule has 0 amide bonds. The van der Waals surface area contributed by atoms with Crippen LogP contribution in [0.25, 0.3) is 0 Å². The zero-order valence-corrected chi connectivity index (χ0v) is 52.2. The number of unbranched alkanes of at least 4 members (excludes halogenated alkanes) is 21. The SMILES string of the molecule is CC/C=C\C/C=C\C/C=C\C/C=C\C/C=C\CCCCCCCCCCCCCC(=O)OCC(COC(=O)CCCCC/C=C\C/C=C\C/C=C\CC)OC(=O)CCCCCCCCC/C=C\C/C=C\C/C=C\C/C=C\C/C=C\CC. The molecule has 1 atom stereocenters. The Bertz CT molecular complexity index is 1810. The number of allylic oxidation sites excluding steroid dienone is 26. The van der Waals surface area contributed by atoms with E-state index in [0.29, 0.717) is 19.3 Å². The highest BCUT2D eigenvalue weighted by Crippen LogP contribution is 2.15. The fourth-order valence-corrected chi connectivity index (χ4v) is 8.69. The van der Waals surface area contributed by atoms with Crippen LogP contribution in [-0.2, 0) is 28.6 Å². The van der Waals surface area contributed by atoms with Gasteiger partial charge in [-0.1, -0.05) is 275 Å². The molecule has 0 N–H and O–H groups in total. The van der Waals surface area contributed by atoms with E-state index < -0.39 is 6.10 Å². The second-order valence-electron chi connectivity index (χ2n) is 21.2. The predicted octanol–water partition coefficient (Wildman–Crippen LogP) is 22.9. The van der Waals surface area contributed by atoms with E-state index in [4.69, 9.17) is 14.2 Å². The molecule has 6 nitrogen and oxygen atoms in total. The molecule has 81 heavy (non-hydrogen) atoms. The van der Waals surface area contributed by atoms with Gasteiger partial charge in [-0.2, -0.15) is 0 Å². The average Bonchev–Trinajstić information content (AvgIpc) is 3.46. The number of carbonyl (C=O) groups excluding carboxylic acids is 3. The van der Waals surface area contributed by atoms with E-state index in [1.165, 1.54) is 77.0 Å². The van der Waals surface area contributed by atoms with Crippen LogP contribution >= 0.6 is 0 Å². The van der Waals surface area contributed by atoms with Crippen LogP contribution in [0.5, 0.6) is 0 Å². The second-order valence-corrected chi connectivity index (χ2v) is 21.2. The van der Waals surface area contributed by atoms with Crippen molar-refractivity contribution >= 4 is 17.9 Å². The molecule has 0 aromatic rings. The molecule has 0 fully saturated rings. The smallest absolute Gasteiger partial charge is 0.306 e. The first-order chi connectivity index (χ1) is 40.0. The first-order valence-corrected chi connectivity index (χ1v) is 33.0. The number of hydrogen-bond donors (Lipinski definition) is 0. The molecule has 456 valence electrons. The Hall–Kier alpha value is -4.97. The molecule has 0 aliphatic heterocycles. The highest BCUT2D eigenvalue weighted by atomic mass is 16.6. The van der Waals surface area contributed by atoms with Crippen molar-refractivity contribution in [3.05, 3.63) is 158 Å². The van der Waals surface area contributed by atoms with E-state index in [9.17, 15) is 14.4 Å². The summed E-state index contributed by atoms with van der Waals surface area (Å²) in [5.74, 6) is -0.944. The Labute approximate surface area is 499 Å². The molecule has 1 unspecified atom stereocenters. The summed E-state index contributed by atoms with van der Waals surface area (Å²) < 4.78 is 16.9. The fraction of sp³-hybridized carbons (Fsp3) is 0.613. The zero-order valence-electron chi connectivity index (χ0n) is 52.2. The molecule has 0 saturated heterocycles. The van der Waals surface area contributed by atoms with Crippen molar-refractivity contribution in [2.45, 2.75) is 284 Å². The molecule has 0 saturated carbocycles. The van der Waals surface area contributed by atoms with Crippen molar-refractivity contribution in [3.8, 4) is 0 Å². The normalized spacial score (nSPS) is 13.2. The molecule has 0 aliphatic carbocycles. The lowest BCUT2D eigenvalue weighted by atomic mass is 10.0. The van der Waals surface area contributed by atoms with Gasteiger partial charge in [-0.3, -0.25) is 14.4 Å². The van der Waals surface area contributed by atoms with Crippen molar-refractivity contribution in [2.75, 3.05) is 13.2 Å². The van der Waals surface area contributed by atoms with Crippen molar-refractivity contribution in [1.29, 1.82) is 0 Å². The van der Waals surface area contributed by atoms with E-state index in [1.807, 2.05) is 0 Å². The van der Waals surface area contributed by atoms with E-state index >= 15 is 0 Å². The lowest BCUT2D eigenvalue weighted by molar-refractivity contribution is -0.167. The van der Waals surface area contributed by atoms with Crippen LogP contribution in [0.1, 0.15) is 278 Å². The minimum atomic E-state index is -0.806. The van der Waals surface area contributed by atoms with Gasteiger partial charge in [-0.05, 0) is 141 Å². The fourth-order valence-electron chi connectivity index (χ4n) is 8.69. The van der Waals surface area contributed by atoms with E-state index in [-0.39, 0.29) is 31.1 Å². The summed E-state index contributed by atoms with van der Waals surface area (Å²) in [6.07, 6.45) is 98.2.